The SMILES string of the molecule is COc1cc(Cl)c(-c2cc(Cl)ccc2Cl)cc1C(=O)N1CCN(C(=O)CCC(=O)N2CCN(CC(=O)NCCCCNc3cccc4c3C(=O)N(C3CCC(=O)NC3=O)C4=O)CC2)CC1. The van der Waals surface area contributed by atoms with Gasteiger partial charge in [0.05, 0.1) is 35.4 Å². The number of ether oxygens (including phenoxy) is 1. The molecule has 0 aromatic heterocycles. The van der Waals surface area contributed by atoms with E-state index in [1.807, 2.05) is 4.90 Å². The van der Waals surface area contributed by atoms with Crippen LogP contribution in [0.4, 0.5) is 5.69 Å². The van der Waals surface area contributed by atoms with Crippen LogP contribution in [0, 0.1) is 0 Å². The van der Waals surface area contributed by atoms with Crippen LogP contribution in [0.1, 0.15) is 69.6 Å². The fourth-order valence-corrected chi connectivity index (χ4v) is 9.09. The molecule has 17 nitrogen and oxygen atoms in total. The number of nitrogens with zero attached hydrogens (tertiary/aromatic N) is 5. The number of halogens is 3. The third-order valence-corrected chi connectivity index (χ3v) is 12.9. The number of nitrogens with one attached hydrogen (secondary N) is 3. The maximum Gasteiger partial charge on any atom is 0.264 e. The number of benzene rings is 3. The zero-order valence-electron chi connectivity index (χ0n) is 35.8. The zero-order valence-corrected chi connectivity index (χ0v) is 38.0. The average molecular weight is 952 g/mol. The molecule has 0 aliphatic carbocycles. The van der Waals surface area contributed by atoms with Gasteiger partial charge in [0.25, 0.3) is 17.7 Å². The Bertz CT molecular complexity index is 2400. The van der Waals surface area contributed by atoms with Gasteiger partial charge in [-0.3, -0.25) is 53.5 Å². The van der Waals surface area contributed by atoms with Crippen molar-refractivity contribution in [1.82, 2.24) is 35.1 Å². The van der Waals surface area contributed by atoms with Crippen molar-refractivity contribution in [2.75, 3.05) is 84.4 Å². The molecule has 0 saturated carbocycles. The van der Waals surface area contributed by atoms with Crippen LogP contribution in [0.5, 0.6) is 5.75 Å². The van der Waals surface area contributed by atoms with E-state index in [2.05, 4.69) is 16.0 Å². The van der Waals surface area contributed by atoms with Crippen molar-refractivity contribution in [2.24, 2.45) is 0 Å². The molecule has 4 heterocycles. The second-order valence-corrected chi connectivity index (χ2v) is 17.4. The Morgan fingerprint density at radius 2 is 1.38 bits per heavy atom. The van der Waals surface area contributed by atoms with E-state index in [4.69, 9.17) is 39.5 Å². The van der Waals surface area contributed by atoms with E-state index in [0.29, 0.717) is 121 Å². The fraction of sp³-hybridized carbons (Fsp3) is 0.422. The standard InChI is InChI=1S/C45H49Cl3N8O9/c1-65-36-25-33(48)30(29-23-27(46)7-8-32(29)47)24-31(36)43(62)55-21-19-54(20-22-55)40(60)12-11-39(59)53-17-15-52(16-18-53)26-38(58)50-14-3-2-13-49-34-6-4-5-28-41(34)45(64)56(44(28)63)35-9-10-37(57)51-42(35)61/h4-8,23-25,35,49H,2-3,9-22,26H2,1H3,(H,50,58)(H,51,57,61). The van der Waals surface area contributed by atoms with Crippen molar-refractivity contribution in [3.63, 3.8) is 0 Å². The molecule has 7 rings (SSSR count). The maximum absolute atomic E-state index is 13.7. The van der Waals surface area contributed by atoms with Gasteiger partial charge in [0.2, 0.25) is 29.5 Å². The van der Waals surface area contributed by atoms with Crippen molar-refractivity contribution < 1.29 is 43.1 Å². The van der Waals surface area contributed by atoms with Crippen LogP contribution in [-0.2, 0) is 24.0 Å². The first kappa shape index (κ1) is 47.2. The zero-order chi connectivity index (χ0) is 46.4. The number of unbranched alkanes of at least 4 members (excludes halogenated alkanes) is 1. The van der Waals surface area contributed by atoms with Crippen LogP contribution >= 0.6 is 34.8 Å². The van der Waals surface area contributed by atoms with Crippen molar-refractivity contribution >= 4 is 87.7 Å². The molecule has 20 heteroatoms. The van der Waals surface area contributed by atoms with Gasteiger partial charge >= 0.3 is 0 Å². The normalized spacial score (nSPS) is 17.8. The lowest BCUT2D eigenvalue weighted by molar-refractivity contribution is -0.139. The van der Waals surface area contributed by atoms with Gasteiger partial charge < -0.3 is 30.1 Å². The van der Waals surface area contributed by atoms with Crippen molar-refractivity contribution in [1.29, 1.82) is 0 Å². The van der Waals surface area contributed by atoms with Crippen LogP contribution in [0.25, 0.3) is 11.1 Å². The van der Waals surface area contributed by atoms with Crippen LogP contribution in [0.2, 0.25) is 15.1 Å². The molecule has 3 aromatic carbocycles. The van der Waals surface area contributed by atoms with Gasteiger partial charge in [0, 0.05) is 118 Å². The summed E-state index contributed by atoms with van der Waals surface area (Å²) in [6.45, 7) is 4.22. The summed E-state index contributed by atoms with van der Waals surface area (Å²) >= 11 is 19.2. The molecule has 8 amide bonds. The molecule has 1 unspecified atom stereocenters. The highest BCUT2D eigenvalue weighted by atomic mass is 35.5. The Hall–Kier alpha value is -5.75. The van der Waals surface area contributed by atoms with E-state index in [1.54, 1.807) is 63.2 Å². The van der Waals surface area contributed by atoms with Crippen molar-refractivity contribution in [3.05, 3.63) is 80.3 Å². The molecule has 0 spiro atoms. The Morgan fingerprint density at radius 1 is 0.738 bits per heavy atom. The van der Waals surface area contributed by atoms with Crippen molar-refractivity contribution in [2.45, 2.75) is 44.6 Å². The number of piperazine rings is 2. The number of carbonyl (C=O) groups excluding carboxylic acids is 8. The predicted octanol–water partition coefficient (Wildman–Crippen LogP) is 3.94. The third-order valence-electron chi connectivity index (χ3n) is 12.0. The summed E-state index contributed by atoms with van der Waals surface area (Å²) in [6.07, 6.45) is 1.54. The minimum atomic E-state index is -1.04. The van der Waals surface area contributed by atoms with E-state index >= 15 is 0 Å². The van der Waals surface area contributed by atoms with Crippen LogP contribution in [-0.4, -0.2) is 157 Å². The van der Waals surface area contributed by atoms with Gasteiger partial charge in [0.1, 0.15) is 11.8 Å². The summed E-state index contributed by atoms with van der Waals surface area (Å²) in [5.41, 5.74) is 2.28. The summed E-state index contributed by atoms with van der Waals surface area (Å²) in [6, 6.07) is 12.1. The smallest absolute Gasteiger partial charge is 0.264 e. The highest BCUT2D eigenvalue weighted by Crippen LogP contribution is 2.39. The fourth-order valence-electron chi connectivity index (χ4n) is 8.44. The number of piperidine rings is 1. The van der Waals surface area contributed by atoms with Gasteiger partial charge in [-0.15, -0.1) is 0 Å². The molecule has 1 atom stereocenters. The number of methoxy groups -OCH3 is 1. The topological polar surface area (TPSA) is 198 Å². The van der Waals surface area contributed by atoms with E-state index < -0.39 is 29.7 Å². The number of imide groups is 2. The second kappa shape index (κ2) is 21.0. The van der Waals surface area contributed by atoms with E-state index in [-0.39, 0.29) is 67.0 Å². The first-order valence-corrected chi connectivity index (χ1v) is 22.6. The number of fused-ring (bicyclic) bond motifs is 1. The monoisotopic (exact) mass is 950 g/mol. The van der Waals surface area contributed by atoms with Gasteiger partial charge in [-0.05, 0) is 55.7 Å². The molecule has 3 saturated heterocycles. The molecule has 0 radical (unpaired) electrons. The number of anilines is 1. The number of amides is 8. The van der Waals surface area contributed by atoms with E-state index in [1.165, 1.54) is 7.11 Å². The Labute approximate surface area is 390 Å². The molecule has 3 fully saturated rings. The number of hydrogen-bond acceptors (Lipinski definition) is 11. The largest absolute Gasteiger partial charge is 0.496 e. The average Bonchev–Trinajstić information content (AvgIpc) is 3.55. The molecular formula is C45H49Cl3N8O9. The molecule has 3 N–H and O–H groups in total. The summed E-state index contributed by atoms with van der Waals surface area (Å²) in [5, 5.41) is 9.56. The molecule has 3 aromatic rings. The maximum atomic E-state index is 13.7. The first-order valence-electron chi connectivity index (χ1n) is 21.5. The van der Waals surface area contributed by atoms with Crippen LogP contribution in [0.3, 0.4) is 0 Å². The Balaban J connectivity index is 0.773. The highest BCUT2D eigenvalue weighted by Gasteiger charge is 2.45. The summed E-state index contributed by atoms with van der Waals surface area (Å²) in [4.78, 5) is 111. The lowest BCUT2D eigenvalue weighted by Gasteiger charge is -2.36. The van der Waals surface area contributed by atoms with Gasteiger partial charge in [-0.2, -0.15) is 0 Å². The first-order chi connectivity index (χ1) is 31.2. The quantitative estimate of drug-likeness (QED) is 0.147. The summed E-state index contributed by atoms with van der Waals surface area (Å²) in [5.74, 6) is -2.65. The number of carbonyl (C=O) groups is 8. The molecule has 344 valence electrons. The Kier molecular flexibility index (Phi) is 15.3. The van der Waals surface area contributed by atoms with Crippen molar-refractivity contribution in [3.8, 4) is 16.9 Å². The molecule has 4 aliphatic rings. The molecule has 65 heavy (non-hydrogen) atoms. The van der Waals surface area contributed by atoms with E-state index in [9.17, 15) is 38.4 Å². The second-order valence-electron chi connectivity index (χ2n) is 16.1. The minimum absolute atomic E-state index is 0.0414. The van der Waals surface area contributed by atoms with E-state index in [0.717, 1.165) is 4.90 Å². The number of hydrogen-bond donors (Lipinski definition) is 3. The van der Waals surface area contributed by atoms with Gasteiger partial charge in [0.15, 0.2) is 0 Å². The predicted molar refractivity (Wildman–Crippen MR) is 242 cm³/mol. The van der Waals surface area contributed by atoms with Crippen LogP contribution in [0.15, 0.2) is 48.5 Å². The molecule has 4 aliphatic heterocycles. The van der Waals surface area contributed by atoms with Crippen LogP contribution < -0.4 is 20.7 Å². The molecule has 0 bridgehead atoms. The lowest BCUT2D eigenvalue weighted by atomic mass is 10.0. The molecular weight excluding hydrogens is 903 g/mol. The summed E-state index contributed by atoms with van der Waals surface area (Å²) < 4.78 is 5.50. The third kappa shape index (κ3) is 10.9. The summed E-state index contributed by atoms with van der Waals surface area (Å²) in [7, 11) is 1.46. The number of rotatable bonds is 15. The Morgan fingerprint density at radius 3 is 2.06 bits per heavy atom. The lowest BCUT2D eigenvalue weighted by Crippen LogP contribution is -2.54. The van der Waals surface area contributed by atoms with Gasteiger partial charge in [-0.1, -0.05) is 40.9 Å². The minimum Gasteiger partial charge on any atom is -0.496 e. The highest BCUT2D eigenvalue weighted by molar-refractivity contribution is 6.38. The van der Waals surface area contributed by atoms with Gasteiger partial charge in [-0.25, -0.2) is 0 Å².